The van der Waals surface area contributed by atoms with E-state index in [1.54, 1.807) is 36.4 Å². The van der Waals surface area contributed by atoms with Crippen LogP contribution in [0.15, 0.2) is 53.7 Å². The van der Waals surface area contributed by atoms with Crippen LogP contribution in [0.2, 0.25) is 5.02 Å². The third kappa shape index (κ3) is 4.93. The van der Waals surface area contributed by atoms with Gasteiger partial charge in [-0.3, -0.25) is 4.79 Å². The first-order valence-corrected chi connectivity index (χ1v) is 9.55. The Hall–Kier alpha value is -2.71. The number of rotatable bonds is 7. The van der Waals surface area contributed by atoms with Crippen LogP contribution in [0.1, 0.15) is 6.92 Å². The Balaban J connectivity index is 1.58. The van der Waals surface area contributed by atoms with Gasteiger partial charge >= 0.3 is 0 Å². The Morgan fingerprint density at radius 2 is 1.89 bits per heavy atom. The van der Waals surface area contributed by atoms with E-state index in [2.05, 4.69) is 15.5 Å². The van der Waals surface area contributed by atoms with Gasteiger partial charge in [0.05, 0.1) is 12.4 Å². The monoisotopic (exact) mass is 403 g/mol. The van der Waals surface area contributed by atoms with Gasteiger partial charge in [-0.2, -0.15) is 0 Å². The number of amides is 1. The highest BCUT2D eigenvalue weighted by Gasteiger charge is 2.14. The zero-order valence-corrected chi connectivity index (χ0v) is 16.1. The minimum Gasteiger partial charge on any atom is -0.494 e. The number of hydrogen-bond donors (Lipinski definition) is 2. The molecule has 2 aromatic carbocycles. The number of thioether (sulfide) groups is 1. The van der Waals surface area contributed by atoms with Gasteiger partial charge in [-0.15, -0.1) is 10.2 Å². The predicted molar refractivity (Wildman–Crippen MR) is 108 cm³/mol. The van der Waals surface area contributed by atoms with E-state index in [1.165, 1.54) is 16.4 Å². The minimum atomic E-state index is -0.166. The van der Waals surface area contributed by atoms with Gasteiger partial charge in [0, 0.05) is 16.3 Å². The van der Waals surface area contributed by atoms with Crippen molar-refractivity contribution in [1.29, 1.82) is 0 Å². The average Bonchev–Trinajstić information content (AvgIpc) is 3.03. The number of anilines is 1. The second-order valence-electron chi connectivity index (χ2n) is 5.48. The molecule has 0 saturated heterocycles. The van der Waals surface area contributed by atoms with Gasteiger partial charge < -0.3 is 15.9 Å². The lowest BCUT2D eigenvalue weighted by Crippen LogP contribution is -2.16. The lowest BCUT2D eigenvalue weighted by molar-refractivity contribution is -0.113. The largest absolute Gasteiger partial charge is 0.494 e. The summed E-state index contributed by atoms with van der Waals surface area (Å²) in [5, 5.41) is 12.0. The summed E-state index contributed by atoms with van der Waals surface area (Å²) in [6, 6.07) is 14.3. The summed E-state index contributed by atoms with van der Waals surface area (Å²) in [4.78, 5) is 12.1. The van der Waals surface area contributed by atoms with Gasteiger partial charge in [0.2, 0.25) is 11.1 Å². The quantitative estimate of drug-likeness (QED) is 0.463. The molecule has 1 amide bonds. The normalized spacial score (nSPS) is 10.6. The number of ether oxygens (including phenoxy) is 1. The van der Waals surface area contributed by atoms with Crippen LogP contribution in [0, 0.1) is 0 Å². The summed E-state index contributed by atoms with van der Waals surface area (Å²) in [5.41, 5.74) is 1.49. The van der Waals surface area contributed by atoms with E-state index in [9.17, 15) is 4.79 Å². The first kappa shape index (κ1) is 19.1. The zero-order valence-electron chi connectivity index (χ0n) is 14.6. The van der Waals surface area contributed by atoms with Gasteiger partial charge in [0.1, 0.15) is 5.75 Å². The number of benzene rings is 2. The maximum absolute atomic E-state index is 12.1. The molecule has 27 heavy (non-hydrogen) atoms. The molecule has 0 radical (unpaired) electrons. The predicted octanol–water partition coefficient (Wildman–Crippen LogP) is 3.44. The average molecular weight is 404 g/mol. The number of aromatic nitrogens is 3. The van der Waals surface area contributed by atoms with E-state index >= 15 is 0 Å². The fraction of sp³-hybridized carbons (Fsp3) is 0.167. The molecule has 0 atom stereocenters. The van der Waals surface area contributed by atoms with Crippen molar-refractivity contribution >= 4 is 35.0 Å². The fourth-order valence-corrected chi connectivity index (χ4v) is 3.08. The number of halogens is 1. The van der Waals surface area contributed by atoms with E-state index in [0.717, 1.165) is 11.3 Å². The molecule has 7 nitrogen and oxygen atoms in total. The number of nitrogens with zero attached hydrogens (tertiary/aromatic N) is 3. The van der Waals surface area contributed by atoms with Crippen molar-refractivity contribution in [3.63, 3.8) is 0 Å². The lowest BCUT2D eigenvalue weighted by atomic mass is 10.2. The van der Waals surface area contributed by atoms with E-state index in [0.29, 0.717) is 28.3 Å². The zero-order chi connectivity index (χ0) is 19.2. The highest BCUT2D eigenvalue weighted by atomic mass is 35.5. The van der Waals surface area contributed by atoms with Crippen LogP contribution < -0.4 is 15.9 Å². The van der Waals surface area contributed by atoms with E-state index < -0.39 is 0 Å². The molecule has 3 rings (SSSR count). The van der Waals surface area contributed by atoms with Crippen molar-refractivity contribution in [2.45, 2.75) is 12.1 Å². The molecule has 0 bridgehead atoms. The number of carbonyl (C=O) groups is 1. The topological polar surface area (TPSA) is 95.1 Å². The Kier molecular flexibility index (Phi) is 6.20. The van der Waals surface area contributed by atoms with Crippen LogP contribution in [-0.4, -0.2) is 33.1 Å². The number of nitrogens with two attached hydrogens (primary N) is 1. The highest BCUT2D eigenvalue weighted by Crippen LogP contribution is 2.23. The Bertz CT molecular complexity index is 913. The van der Waals surface area contributed by atoms with E-state index in [1.807, 2.05) is 19.1 Å². The number of nitrogen functional groups attached to an aromatic ring is 1. The second-order valence-corrected chi connectivity index (χ2v) is 6.86. The third-order valence-corrected chi connectivity index (χ3v) is 4.74. The number of hydrogen-bond acceptors (Lipinski definition) is 6. The molecule has 0 spiro atoms. The van der Waals surface area contributed by atoms with Crippen molar-refractivity contribution in [1.82, 2.24) is 14.9 Å². The van der Waals surface area contributed by atoms with Crippen molar-refractivity contribution in [2.24, 2.45) is 0 Å². The van der Waals surface area contributed by atoms with Gasteiger partial charge in [-0.1, -0.05) is 23.4 Å². The molecule has 1 aromatic heterocycles. The molecule has 0 aliphatic carbocycles. The fourth-order valence-electron chi connectivity index (χ4n) is 2.30. The van der Waals surface area contributed by atoms with Crippen LogP contribution in [0.5, 0.6) is 5.75 Å². The summed E-state index contributed by atoms with van der Waals surface area (Å²) >= 11 is 7.10. The van der Waals surface area contributed by atoms with Crippen molar-refractivity contribution in [3.8, 4) is 17.1 Å². The first-order chi connectivity index (χ1) is 13.1. The standard InChI is InChI=1S/C18H18ClN5O2S/c1-2-26-15-9-7-14(8-10-15)21-16(25)11-27-18-23-22-17(24(18)20)12-3-5-13(19)6-4-12/h3-10H,2,11,20H2,1H3,(H,21,25). The Labute approximate surface area is 165 Å². The summed E-state index contributed by atoms with van der Waals surface area (Å²) in [6.07, 6.45) is 0. The smallest absolute Gasteiger partial charge is 0.234 e. The maximum Gasteiger partial charge on any atom is 0.234 e. The van der Waals surface area contributed by atoms with Crippen LogP contribution >= 0.6 is 23.4 Å². The van der Waals surface area contributed by atoms with Crippen molar-refractivity contribution in [2.75, 3.05) is 23.5 Å². The first-order valence-electron chi connectivity index (χ1n) is 8.18. The van der Waals surface area contributed by atoms with Crippen molar-refractivity contribution in [3.05, 3.63) is 53.6 Å². The maximum atomic E-state index is 12.1. The van der Waals surface area contributed by atoms with Gasteiger partial charge in [-0.25, -0.2) is 4.68 Å². The molecule has 140 valence electrons. The molecule has 0 saturated carbocycles. The van der Waals surface area contributed by atoms with Crippen LogP contribution in [0.3, 0.4) is 0 Å². The summed E-state index contributed by atoms with van der Waals surface area (Å²) in [5.74, 6) is 7.30. The molecule has 0 aliphatic heterocycles. The summed E-state index contributed by atoms with van der Waals surface area (Å²) in [6.45, 7) is 2.52. The van der Waals surface area contributed by atoms with Gasteiger partial charge in [0.15, 0.2) is 5.82 Å². The molecule has 1 heterocycles. The molecule has 3 aromatic rings. The van der Waals surface area contributed by atoms with Crippen molar-refractivity contribution < 1.29 is 9.53 Å². The molecule has 0 aliphatic rings. The van der Waals surface area contributed by atoms with Crippen LogP contribution in [0.25, 0.3) is 11.4 Å². The summed E-state index contributed by atoms with van der Waals surface area (Å²) < 4.78 is 6.73. The van der Waals surface area contributed by atoms with Crippen LogP contribution in [0.4, 0.5) is 5.69 Å². The molecule has 0 unspecified atom stereocenters. The Morgan fingerprint density at radius 1 is 1.19 bits per heavy atom. The molecule has 3 N–H and O–H groups in total. The highest BCUT2D eigenvalue weighted by molar-refractivity contribution is 7.99. The van der Waals surface area contributed by atoms with Gasteiger partial charge in [0.25, 0.3) is 0 Å². The summed E-state index contributed by atoms with van der Waals surface area (Å²) in [7, 11) is 0. The second kappa shape index (κ2) is 8.79. The number of carbonyl (C=O) groups excluding carboxylic acids is 1. The van der Waals surface area contributed by atoms with Crippen LogP contribution in [-0.2, 0) is 4.79 Å². The van der Waals surface area contributed by atoms with E-state index in [-0.39, 0.29) is 11.7 Å². The molecular weight excluding hydrogens is 386 g/mol. The third-order valence-electron chi connectivity index (χ3n) is 3.55. The number of nitrogens with one attached hydrogen (secondary N) is 1. The molecule has 9 heteroatoms. The van der Waals surface area contributed by atoms with Gasteiger partial charge in [-0.05, 0) is 55.5 Å². The lowest BCUT2D eigenvalue weighted by Gasteiger charge is -2.07. The molecule has 0 fully saturated rings. The SMILES string of the molecule is CCOc1ccc(NC(=O)CSc2nnc(-c3ccc(Cl)cc3)n2N)cc1. The van der Waals surface area contributed by atoms with E-state index in [4.69, 9.17) is 22.2 Å². The minimum absolute atomic E-state index is 0.156. The Morgan fingerprint density at radius 3 is 2.56 bits per heavy atom. The molecular formula is C18H18ClN5O2S.